The molecule has 0 saturated heterocycles. The number of aliphatic hydroxyl groups excluding tert-OH is 1. The van der Waals surface area contributed by atoms with E-state index in [9.17, 15) is 9.50 Å². The molecule has 2 nitrogen and oxygen atoms in total. The van der Waals surface area contributed by atoms with Crippen LogP contribution in [0.1, 0.15) is 11.7 Å². The highest BCUT2D eigenvalue weighted by Gasteiger charge is 2.03. The van der Waals surface area contributed by atoms with Gasteiger partial charge in [-0.25, -0.2) is 4.39 Å². The van der Waals surface area contributed by atoms with Gasteiger partial charge in [-0.2, -0.15) is 0 Å². The summed E-state index contributed by atoms with van der Waals surface area (Å²) >= 11 is 0. The average molecular weight is 192 g/mol. The van der Waals surface area contributed by atoms with Crippen LogP contribution in [-0.4, -0.2) is 11.7 Å². The van der Waals surface area contributed by atoms with E-state index in [-0.39, 0.29) is 24.8 Å². The molecule has 0 saturated carbocycles. The minimum atomic E-state index is -0.685. The molecule has 0 aliphatic carbocycles. The summed E-state index contributed by atoms with van der Waals surface area (Å²) in [6, 6.07) is 5.64. The second-order valence-electron chi connectivity index (χ2n) is 2.30. The maximum Gasteiger partial charge on any atom is 0.123 e. The Morgan fingerprint density at radius 3 is 2.25 bits per heavy atom. The Labute approximate surface area is 76.6 Å². The largest absolute Gasteiger partial charge is 0.387 e. The molecule has 0 aliphatic heterocycles. The smallest absolute Gasteiger partial charge is 0.123 e. The van der Waals surface area contributed by atoms with Crippen LogP contribution in [0.25, 0.3) is 0 Å². The summed E-state index contributed by atoms with van der Waals surface area (Å²) in [5.74, 6) is -0.307. The first-order valence-electron chi connectivity index (χ1n) is 3.37. The van der Waals surface area contributed by atoms with Gasteiger partial charge in [0, 0.05) is 6.54 Å². The molecule has 4 heteroatoms. The van der Waals surface area contributed by atoms with E-state index in [1.807, 2.05) is 0 Å². The molecular formula is C8H11ClFNO. The van der Waals surface area contributed by atoms with Gasteiger partial charge in [-0.3, -0.25) is 0 Å². The van der Waals surface area contributed by atoms with E-state index in [1.165, 1.54) is 24.3 Å². The van der Waals surface area contributed by atoms with Gasteiger partial charge in [-0.05, 0) is 17.7 Å². The van der Waals surface area contributed by atoms with Gasteiger partial charge in [0.2, 0.25) is 0 Å². The molecule has 68 valence electrons. The quantitative estimate of drug-likeness (QED) is 0.739. The molecule has 0 aromatic heterocycles. The van der Waals surface area contributed by atoms with E-state index >= 15 is 0 Å². The third-order valence-corrected chi connectivity index (χ3v) is 1.48. The van der Waals surface area contributed by atoms with Crippen molar-refractivity contribution in [1.29, 1.82) is 0 Å². The third kappa shape index (κ3) is 2.77. The summed E-state index contributed by atoms with van der Waals surface area (Å²) in [5, 5.41) is 9.17. The molecule has 0 heterocycles. The minimum Gasteiger partial charge on any atom is -0.387 e. The lowest BCUT2D eigenvalue weighted by Gasteiger charge is -2.06. The van der Waals surface area contributed by atoms with Gasteiger partial charge in [-0.1, -0.05) is 12.1 Å². The molecule has 0 unspecified atom stereocenters. The molecule has 1 rings (SSSR count). The molecule has 0 amide bonds. The first-order valence-corrected chi connectivity index (χ1v) is 3.37. The summed E-state index contributed by atoms with van der Waals surface area (Å²) in [5.41, 5.74) is 5.85. The third-order valence-electron chi connectivity index (χ3n) is 1.48. The van der Waals surface area contributed by atoms with Crippen LogP contribution in [0.4, 0.5) is 4.39 Å². The molecule has 0 aliphatic rings. The summed E-state index contributed by atoms with van der Waals surface area (Å²) in [4.78, 5) is 0. The summed E-state index contributed by atoms with van der Waals surface area (Å²) in [6.07, 6.45) is -0.685. The van der Waals surface area contributed by atoms with E-state index in [4.69, 9.17) is 5.73 Å². The Kier molecular flexibility index (Phi) is 4.81. The number of hydrogen-bond acceptors (Lipinski definition) is 2. The maximum atomic E-state index is 12.3. The number of nitrogens with two attached hydrogens (primary N) is 1. The molecule has 1 aromatic rings. The topological polar surface area (TPSA) is 46.2 Å². The number of rotatable bonds is 2. The molecule has 0 spiro atoms. The highest BCUT2D eigenvalue weighted by molar-refractivity contribution is 5.85. The summed E-state index contributed by atoms with van der Waals surface area (Å²) in [6.45, 7) is 0.158. The van der Waals surface area contributed by atoms with Crippen molar-refractivity contribution in [1.82, 2.24) is 0 Å². The van der Waals surface area contributed by atoms with Gasteiger partial charge in [0.25, 0.3) is 0 Å². The highest BCUT2D eigenvalue weighted by atomic mass is 35.5. The number of aliphatic hydroxyl groups is 1. The van der Waals surface area contributed by atoms with Gasteiger partial charge in [0.1, 0.15) is 5.82 Å². The minimum absolute atomic E-state index is 0. The van der Waals surface area contributed by atoms with Gasteiger partial charge in [-0.15, -0.1) is 12.4 Å². The fourth-order valence-electron chi connectivity index (χ4n) is 0.821. The van der Waals surface area contributed by atoms with Crippen molar-refractivity contribution < 1.29 is 9.50 Å². The molecule has 0 radical (unpaired) electrons. The van der Waals surface area contributed by atoms with Gasteiger partial charge in [0.15, 0.2) is 0 Å². The van der Waals surface area contributed by atoms with Crippen LogP contribution in [0.5, 0.6) is 0 Å². The van der Waals surface area contributed by atoms with Crippen molar-refractivity contribution >= 4 is 12.4 Å². The number of benzene rings is 1. The molecule has 3 N–H and O–H groups in total. The lowest BCUT2D eigenvalue weighted by molar-refractivity contribution is 0.186. The van der Waals surface area contributed by atoms with Crippen molar-refractivity contribution in [2.45, 2.75) is 6.10 Å². The summed E-state index contributed by atoms with van der Waals surface area (Å²) < 4.78 is 12.3. The van der Waals surface area contributed by atoms with Crippen LogP contribution in [0.15, 0.2) is 24.3 Å². The van der Waals surface area contributed by atoms with E-state index in [0.717, 1.165) is 0 Å². The lowest BCUT2D eigenvalue weighted by atomic mass is 10.1. The van der Waals surface area contributed by atoms with Crippen molar-refractivity contribution in [2.24, 2.45) is 5.73 Å². The Balaban J connectivity index is 0.00000121. The lowest BCUT2D eigenvalue weighted by Crippen LogP contribution is -2.11. The highest BCUT2D eigenvalue weighted by Crippen LogP contribution is 2.11. The number of hydrogen-bond donors (Lipinski definition) is 2. The number of halogens is 2. The Hall–Kier alpha value is -0.640. The second kappa shape index (κ2) is 5.09. The first-order chi connectivity index (χ1) is 5.24. The zero-order valence-corrected chi connectivity index (χ0v) is 7.22. The van der Waals surface area contributed by atoms with Crippen LogP contribution in [0.3, 0.4) is 0 Å². The molecule has 0 bridgehead atoms. The Morgan fingerprint density at radius 1 is 1.33 bits per heavy atom. The van der Waals surface area contributed by atoms with E-state index in [0.29, 0.717) is 5.56 Å². The van der Waals surface area contributed by atoms with Crippen LogP contribution in [0.2, 0.25) is 0 Å². The second-order valence-corrected chi connectivity index (χ2v) is 2.30. The van der Waals surface area contributed by atoms with Crippen molar-refractivity contribution in [3.63, 3.8) is 0 Å². The van der Waals surface area contributed by atoms with E-state index in [1.54, 1.807) is 0 Å². The molecule has 1 atom stereocenters. The standard InChI is InChI=1S/C8H10FNO.ClH/c9-7-3-1-6(2-4-7)8(11)5-10;/h1-4,8,11H,5,10H2;1H/t8-;/m1./s1. The van der Waals surface area contributed by atoms with Crippen LogP contribution >= 0.6 is 12.4 Å². The van der Waals surface area contributed by atoms with Crippen LogP contribution in [-0.2, 0) is 0 Å². The fourth-order valence-corrected chi connectivity index (χ4v) is 0.821. The SMILES string of the molecule is Cl.NC[C@@H](O)c1ccc(F)cc1. The normalized spacial score (nSPS) is 11.9. The van der Waals surface area contributed by atoms with E-state index in [2.05, 4.69) is 0 Å². The van der Waals surface area contributed by atoms with Gasteiger partial charge in [0.05, 0.1) is 6.10 Å². The van der Waals surface area contributed by atoms with Crippen molar-refractivity contribution in [3.05, 3.63) is 35.6 Å². The van der Waals surface area contributed by atoms with E-state index < -0.39 is 6.10 Å². The first kappa shape index (κ1) is 11.4. The molecule has 1 aromatic carbocycles. The Bertz CT molecular complexity index is 227. The maximum absolute atomic E-state index is 12.3. The van der Waals surface area contributed by atoms with Gasteiger partial charge >= 0.3 is 0 Å². The fraction of sp³-hybridized carbons (Fsp3) is 0.250. The predicted octanol–water partition coefficient (Wildman–Crippen LogP) is 1.24. The predicted molar refractivity (Wildman–Crippen MR) is 47.7 cm³/mol. The zero-order valence-electron chi connectivity index (χ0n) is 6.40. The summed E-state index contributed by atoms with van der Waals surface area (Å²) in [7, 11) is 0. The molecule has 12 heavy (non-hydrogen) atoms. The van der Waals surface area contributed by atoms with Crippen molar-refractivity contribution in [3.8, 4) is 0 Å². The monoisotopic (exact) mass is 191 g/mol. The van der Waals surface area contributed by atoms with Gasteiger partial charge < -0.3 is 10.8 Å². The molecular weight excluding hydrogens is 181 g/mol. The Morgan fingerprint density at radius 2 is 1.83 bits per heavy atom. The van der Waals surface area contributed by atoms with Crippen molar-refractivity contribution in [2.75, 3.05) is 6.54 Å². The van der Waals surface area contributed by atoms with Crippen LogP contribution in [0, 0.1) is 5.82 Å². The molecule has 0 fully saturated rings. The zero-order chi connectivity index (χ0) is 8.27. The average Bonchev–Trinajstić information content (AvgIpc) is 2.05. The van der Waals surface area contributed by atoms with Crippen LogP contribution < -0.4 is 5.73 Å².